The van der Waals surface area contributed by atoms with Gasteiger partial charge >= 0.3 is 0 Å². The van der Waals surface area contributed by atoms with Gasteiger partial charge in [0.15, 0.2) is 0 Å². The molecule has 0 aliphatic carbocycles. The molecule has 2 aromatic rings. The van der Waals surface area contributed by atoms with E-state index in [-0.39, 0.29) is 17.9 Å². The number of nitrogens with one attached hydrogen (secondary N) is 1. The van der Waals surface area contributed by atoms with E-state index in [2.05, 4.69) is 24.4 Å². The number of hydrogen-bond acceptors (Lipinski definition) is 2. The first kappa shape index (κ1) is 18.2. The smallest absolute Gasteiger partial charge is 0.255 e. The number of amides is 2. The van der Waals surface area contributed by atoms with Crippen LogP contribution in [0.15, 0.2) is 48.5 Å². The van der Waals surface area contributed by atoms with Gasteiger partial charge in [0.25, 0.3) is 5.91 Å². The molecule has 2 amide bonds. The average Bonchev–Trinajstić information content (AvgIpc) is 2.94. The van der Waals surface area contributed by atoms with E-state index in [4.69, 9.17) is 0 Å². The predicted octanol–water partition coefficient (Wildman–Crippen LogP) is 3.86. The standard InChI is InChI=1S/C22H26N2O2/c1-4-15(3)23-21(25)20-18-8-6-7-9-19(18)22(26)24(20)14-17-12-10-16(5-2)11-13-17/h6-13,15,20H,4-5,14H2,1-3H3,(H,23,25)/t15-,20+/m0/s1. The zero-order chi connectivity index (χ0) is 18.7. The molecule has 1 aliphatic rings. The second-order valence-corrected chi connectivity index (χ2v) is 6.91. The molecular formula is C22H26N2O2. The highest BCUT2D eigenvalue weighted by molar-refractivity contribution is 6.04. The second-order valence-electron chi connectivity index (χ2n) is 6.91. The van der Waals surface area contributed by atoms with Crippen LogP contribution in [0.5, 0.6) is 0 Å². The van der Waals surface area contributed by atoms with E-state index >= 15 is 0 Å². The van der Waals surface area contributed by atoms with Crippen LogP contribution in [0, 0.1) is 0 Å². The van der Waals surface area contributed by atoms with E-state index in [9.17, 15) is 9.59 Å². The van der Waals surface area contributed by atoms with Crippen molar-refractivity contribution in [1.29, 1.82) is 0 Å². The molecule has 0 radical (unpaired) electrons. The Morgan fingerprint density at radius 1 is 1.08 bits per heavy atom. The lowest BCUT2D eigenvalue weighted by Crippen LogP contribution is -2.42. The summed E-state index contributed by atoms with van der Waals surface area (Å²) in [5.74, 6) is -0.188. The molecule has 0 saturated carbocycles. The van der Waals surface area contributed by atoms with Crippen molar-refractivity contribution in [2.24, 2.45) is 0 Å². The third-order valence-corrected chi connectivity index (χ3v) is 5.09. The van der Waals surface area contributed by atoms with E-state index in [0.29, 0.717) is 12.1 Å². The molecule has 2 aromatic carbocycles. The van der Waals surface area contributed by atoms with Gasteiger partial charge in [-0.3, -0.25) is 9.59 Å². The molecule has 2 atom stereocenters. The fourth-order valence-corrected chi connectivity index (χ4v) is 3.32. The van der Waals surface area contributed by atoms with Gasteiger partial charge in [0.2, 0.25) is 5.91 Å². The molecule has 0 unspecified atom stereocenters. The molecule has 136 valence electrons. The first-order valence-electron chi connectivity index (χ1n) is 9.33. The summed E-state index contributed by atoms with van der Waals surface area (Å²) in [4.78, 5) is 27.5. The van der Waals surface area contributed by atoms with Crippen LogP contribution in [-0.4, -0.2) is 22.8 Å². The number of carbonyl (C=O) groups excluding carboxylic acids is 2. The minimum atomic E-state index is -0.571. The third-order valence-electron chi connectivity index (χ3n) is 5.09. The van der Waals surface area contributed by atoms with Crippen LogP contribution < -0.4 is 5.32 Å². The van der Waals surface area contributed by atoms with Gasteiger partial charge in [0, 0.05) is 18.2 Å². The molecule has 0 spiro atoms. The molecule has 3 rings (SSSR count). The van der Waals surface area contributed by atoms with Gasteiger partial charge in [-0.05, 0) is 42.5 Å². The molecule has 4 nitrogen and oxygen atoms in total. The van der Waals surface area contributed by atoms with Crippen molar-refractivity contribution in [3.05, 3.63) is 70.8 Å². The predicted molar refractivity (Wildman–Crippen MR) is 103 cm³/mol. The zero-order valence-electron chi connectivity index (χ0n) is 15.7. The van der Waals surface area contributed by atoms with Crippen LogP contribution in [0.3, 0.4) is 0 Å². The maximum absolute atomic E-state index is 12.9. The van der Waals surface area contributed by atoms with Crippen molar-refractivity contribution in [2.45, 2.75) is 52.2 Å². The average molecular weight is 350 g/mol. The summed E-state index contributed by atoms with van der Waals surface area (Å²) >= 11 is 0. The number of nitrogens with zero attached hydrogens (tertiary/aromatic N) is 1. The normalized spacial score (nSPS) is 17.1. The molecule has 0 fully saturated rings. The largest absolute Gasteiger partial charge is 0.352 e. The molecule has 0 aromatic heterocycles. The highest BCUT2D eigenvalue weighted by Crippen LogP contribution is 2.35. The van der Waals surface area contributed by atoms with Crippen molar-refractivity contribution in [2.75, 3.05) is 0 Å². The van der Waals surface area contributed by atoms with Crippen molar-refractivity contribution in [3.63, 3.8) is 0 Å². The molecule has 4 heteroatoms. The van der Waals surface area contributed by atoms with E-state index < -0.39 is 6.04 Å². The highest BCUT2D eigenvalue weighted by atomic mass is 16.2. The summed E-state index contributed by atoms with van der Waals surface area (Å²) in [6.45, 7) is 6.56. The maximum atomic E-state index is 12.9. The Morgan fingerprint density at radius 2 is 1.73 bits per heavy atom. The van der Waals surface area contributed by atoms with Gasteiger partial charge in [-0.1, -0.05) is 56.3 Å². The first-order chi connectivity index (χ1) is 12.5. The fraction of sp³-hybridized carbons (Fsp3) is 0.364. The summed E-state index contributed by atoms with van der Waals surface area (Å²) in [6.07, 6.45) is 1.83. The second kappa shape index (κ2) is 7.73. The topological polar surface area (TPSA) is 49.4 Å². The van der Waals surface area contributed by atoms with Crippen LogP contribution in [0.4, 0.5) is 0 Å². The first-order valence-corrected chi connectivity index (χ1v) is 9.33. The number of benzene rings is 2. The van der Waals surface area contributed by atoms with Crippen molar-refractivity contribution < 1.29 is 9.59 Å². The van der Waals surface area contributed by atoms with Crippen molar-refractivity contribution >= 4 is 11.8 Å². The van der Waals surface area contributed by atoms with Gasteiger partial charge in [0.05, 0.1) is 0 Å². The quantitative estimate of drug-likeness (QED) is 0.860. The maximum Gasteiger partial charge on any atom is 0.255 e. The molecule has 1 heterocycles. The Bertz CT molecular complexity index is 798. The third kappa shape index (κ3) is 3.50. The number of aryl methyl sites for hydroxylation is 1. The Morgan fingerprint density at radius 3 is 2.38 bits per heavy atom. The summed E-state index contributed by atoms with van der Waals surface area (Å²) in [7, 11) is 0. The lowest BCUT2D eigenvalue weighted by atomic mass is 10.0. The van der Waals surface area contributed by atoms with Crippen LogP contribution in [0.2, 0.25) is 0 Å². The summed E-state index contributed by atoms with van der Waals surface area (Å²) < 4.78 is 0. The molecule has 0 saturated heterocycles. The Hall–Kier alpha value is -2.62. The Labute approximate surface area is 155 Å². The van der Waals surface area contributed by atoms with Gasteiger partial charge < -0.3 is 10.2 Å². The van der Waals surface area contributed by atoms with Crippen LogP contribution >= 0.6 is 0 Å². The SMILES string of the molecule is CCc1ccc(CN2C(=O)c3ccccc3[C@@H]2C(=O)N[C@@H](C)CC)cc1. The zero-order valence-corrected chi connectivity index (χ0v) is 15.7. The van der Waals surface area contributed by atoms with Crippen molar-refractivity contribution in [1.82, 2.24) is 10.2 Å². The monoisotopic (exact) mass is 350 g/mol. The van der Waals surface area contributed by atoms with Crippen LogP contribution in [0.1, 0.15) is 60.3 Å². The van der Waals surface area contributed by atoms with Gasteiger partial charge in [0.1, 0.15) is 6.04 Å². The molecule has 26 heavy (non-hydrogen) atoms. The van der Waals surface area contributed by atoms with Gasteiger partial charge in [-0.15, -0.1) is 0 Å². The molecule has 1 N–H and O–H groups in total. The van der Waals surface area contributed by atoms with E-state index in [0.717, 1.165) is 24.0 Å². The summed E-state index contributed by atoms with van der Waals surface area (Å²) in [6, 6.07) is 15.2. The molecular weight excluding hydrogens is 324 g/mol. The number of rotatable bonds is 6. The minimum Gasteiger partial charge on any atom is -0.352 e. The summed E-state index contributed by atoms with van der Waals surface area (Å²) in [5, 5.41) is 3.03. The van der Waals surface area contributed by atoms with Crippen LogP contribution in [-0.2, 0) is 17.8 Å². The number of carbonyl (C=O) groups is 2. The minimum absolute atomic E-state index is 0.0792. The van der Waals surface area contributed by atoms with Crippen LogP contribution in [0.25, 0.3) is 0 Å². The van der Waals surface area contributed by atoms with Gasteiger partial charge in [-0.2, -0.15) is 0 Å². The summed E-state index contributed by atoms with van der Waals surface area (Å²) in [5.41, 5.74) is 3.71. The highest BCUT2D eigenvalue weighted by Gasteiger charge is 2.40. The molecule has 1 aliphatic heterocycles. The van der Waals surface area contributed by atoms with E-state index in [1.807, 2.05) is 44.2 Å². The number of hydrogen-bond donors (Lipinski definition) is 1. The Balaban J connectivity index is 1.90. The lowest BCUT2D eigenvalue weighted by Gasteiger charge is -2.26. The lowest BCUT2D eigenvalue weighted by molar-refractivity contribution is -0.126. The van der Waals surface area contributed by atoms with Gasteiger partial charge in [-0.25, -0.2) is 0 Å². The van der Waals surface area contributed by atoms with E-state index in [1.165, 1.54) is 5.56 Å². The number of fused-ring (bicyclic) bond motifs is 1. The fourth-order valence-electron chi connectivity index (χ4n) is 3.32. The van der Waals surface area contributed by atoms with Crippen molar-refractivity contribution in [3.8, 4) is 0 Å². The molecule has 0 bridgehead atoms. The Kier molecular flexibility index (Phi) is 5.40. The van der Waals surface area contributed by atoms with E-state index in [1.54, 1.807) is 11.0 Å².